The van der Waals surface area contributed by atoms with Crippen LogP contribution in [0.5, 0.6) is 0 Å². The Morgan fingerprint density at radius 1 is 0.264 bits per heavy atom. The Morgan fingerprint density at radius 3 is 1.04 bits per heavy atom. The van der Waals surface area contributed by atoms with Crippen LogP contribution in [-0.4, -0.2) is 451 Å². The third kappa shape index (κ3) is 18.7. The molecule has 0 aromatic rings. The molecule has 0 aliphatic carbocycles. The van der Waals surface area contributed by atoms with Gasteiger partial charge in [0.15, 0.2) is 56.6 Å². The summed E-state index contributed by atoms with van der Waals surface area (Å²) in [4.78, 5) is 39.3. The number of hydrogen-bond acceptors (Lipinski definition) is 43. The first-order valence-electron chi connectivity index (χ1n) is 34.2. The summed E-state index contributed by atoms with van der Waals surface area (Å²) < 4.78 is 102. The zero-order chi connectivity index (χ0) is 78.1. The molecule has 9 saturated heterocycles. The highest BCUT2D eigenvalue weighted by Gasteiger charge is 2.61. The van der Waals surface area contributed by atoms with Gasteiger partial charge in [0.1, 0.15) is 201 Å². The standard InChI is InChI=1S/C60H101N3O43/c1-13-28(72)36(80)41(85)55(91-13)103-48-27(63-18(6)71)54(98-23(11-68)46(48)101-60-51(40(84)32(76)20(8-65)96-60)106-57-43(87)38(82)30(74)15(3)93-57)104-49-34(78)24(99-58(44(49)88)102-47-26(62-17(5)70)52(89)94-21(9-66)33(47)77)12-90-53-25(61-16(4)69)35(79)45(22(10-67)97-53)100-59-50(39(83)31(75)19(7-64)95-59)105-56-42(86)37(81)29(73)14(2)92-56/h13-15,19-60,64-68,72-89H,7-12H2,1-6H3,(H,61,69)(H,62,70)(H,63,71)/t13-,14-,15-,19+,20+,21+,22+,23+,24+,25+,26+,27+,28+,29+,30+,31-,32-,33-,34-,35+,36+,37+,38+,39-,40-,41-,42-,43-,44+,45+,46+,47+,48+,49-,50+,51+,52-,53+,54-,55-,56-,57-,58-,59-,60-/m0/s1. The Balaban J connectivity index is 1.06. The van der Waals surface area contributed by atoms with Crippen molar-refractivity contribution in [1.29, 1.82) is 0 Å². The van der Waals surface area contributed by atoms with Gasteiger partial charge in [0.2, 0.25) is 17.7 Å². The van der Waals surface area contributed by atoms with Crippen LogP contribution in [0.1, 0.15) is 41.5 Å². The second-order valence-corrected chi connectivity index (χ2v) is 27.4. The fourth-order valence-electron chi connectivity index (χ4n) is 13.9. The Hall–Kier alpha value is -3.19. The monoisotopic (exact) mass is 1550 g/mol. The van der Waals surface area contributed by atoms with Gasteiger partial charge in [0, 0.05) is 20.8 Å². The second-order valence-electron chi connectivity index (χ2n) is 27.4. The molecule has 614 valence electrons. The van der Waals surface area contributed by atoms with E-state index in [1.807, 2.05) is 0 Å². The lowest BCUT2D eigenvalue weighted by atomic mass is 9.93. The predicted molar refractivity (Wildman–Crippen MR) is 328 cm³/mol. The molecule has 0 unspecified atom stereocenters. The largest absolute Gasteiger partial charge is 0.394 e. The van der Waals surface area contributed by atoms with Gasteiger partial charge in [0.25, 0.3) is 0 Å². The van der Waals surface area contributed by atoms with Crippen LogP contribution in [0, 0.1) is 0 Å². The lowest BCUT2D eigenvalue weighted by Gasteiger charge is -2.52. The van der Waals surface area contributed by atoms with Gasteiger partial charge in [-0.3, -0.25) is 14.4 Å². The maximum atomic E-state index is 13.6. The molecule has 9 aliphatic heterocycles. The number of ether oxygens (including phenoxy) is 17. The van der Waals surface area contributed by atoms with Crippen LogP contribution in [0.4, 0.5) is 0 Å². The summed E-state index contributed by atoms with van der Waals surface area (Å²) in [5.41, 5.74) is 0. The van der Waals surface area contributed by atoms with Crippen LogP contribution in [0.2, 0.25) is 0 Å². The van der Waals surface area contributed by atoms with Crippen LogP contribution in [-0.2, 0) is 94.9 Å². The summed E-state index contributed by atoms with van der Waals surface area (Å²) in [6.45, 7) is 0.146. The third-order valence-corrected chi connectivity index (χ3v) is 19.8. The van der Waals surface area contributed by atoms with Crippen LogP contribution >= 0.6 is 0 Å². The predicted octanol–water partition coefficient (Wildman–Crippen LogP) is -17.1. The Bertz CT molecular complexity index is 2790. The van der Waals surface area contributed by atoms with Gasteiger partial charge in [-0.15, -0.1) is 0 Å². The van der Waals surface area contributed by atoms with Crippen LogP contribution in [0.25, 0.3) is 0 Å². The molecule has 0 aromatic carbocycles. The number of hydrogen-bond donors (Lipinski definition) is 26. The number of carbonyl (C=O) groups is 3. The highest BCUT2D eigenvalue weighted by molar-refractivity contribution is 5.74. The molecule has 0 aromatic heterocycles. The zero-order valence-corrected chi connectivity index (χ0v) is 57.7. The second kappa shape index (κ2) is 37.2. The maximum Gasteiger partial charge on any atom is 0.217 e. The SMILES string of the molecule is CC(=O)N[C@@H]1[C@@H](O[C@@H]2O[C@H](CO[C@@H]3O[C@H](CO)[C@@H](O[C@@H]4O[C@H](CO)[C@H](O)[C@H](O)[C@H]4O[C@@H]4O[C@@H](C)[C@@H](O)[C@@H](O)[C@@H]4O)[C@H](O)[C@H]3NC(C)=O)[C@H](O)[C@H](O[C@@H]3O[C@H](CO)[C@@H](O[C@@H]4O[C@H](CO)[C@H](O)[C@H](O)[C@H]4O[C@@H]4O[C@@H](C)[C@@H](O)[C@@H](O)[C@@H]4O)[C@H](O[C@@H]4O[C@@H](C)[C@@H](O)[C@@H](O)[C@@H]4O)[C@H]3NC(C)=O)[C@H]2O)[C@@H](O)[C@@H](CO)O[C@@H]1O. The van der Waals surface area contributed by atoms with Crippen LogP contribution < -0.4 is 16.0 Å². The molecule has 9 aliphatic rings. The Labute approximate surface area is 602 Å². The average Bonchev–Trinajstić information content (AvgIpc) is 0.763. The zero-order valence-electron chi connectivity index (χ0n) is 57.7. The minimum atomic E-state index is -2.48. The molecule has 9 rings (SSSR count). The first-order valence-corrected chi connectivity index (χ1v) is 34.2. The smallest absolute Gasteiger partial charge is 0.217 e. The molecule has 0 radical (unpaired) electrons. The summed E-state index contributed by atoms with van der Waals surface area (Å²) in [5, 5.41) is 263. The van der Waals surface area contributed by atoms with Crippen molar-refractivity contribution in [3.63, 3.8) is 0 Å². The summed E-state index contributed by atoms with van der Waals surface area (Å²) in [5.74, 6) is -2.80. The highest BCUT2D eigenvalue weighted by atomic mass is 16.8. The van der Waals surface area contributed by atoms with E-state index in [-0.39, 0.29) is 0 Å². The van der Waals surface area contributed by atoms with Gasteiger partial charge in [-0.25, -0.2) is 0 Å². The van der Waals surface area contributed by atoms with Crippen molar-refractivity contribution in [1.82, 2.24) is 16.0 Å². The van der Waals surface area contributed by atoms with Crippen molar-refractivity contribution in [2.24, 2.45) is 0 Å². The molecule has 106 heavy (non-hydrogen) atoms. The average molecular weight is 1550 g/mol. The number of rotatable bonds is 25. The van der Waals surface area contributed by atoms with Crippen molar-refractivity contribution in [2.75, 3.05) is 39.6 Å². The maximum absolute atomic E-state index is 13.6. The Morgan fingerprint density at radius 2 is 0.594 bits per heavy atom. The molecular weight excluding hydrogens is 1450 g/mol. The minimum Gasteiger partial charge on any atom is -0.394 e. The highest BCUT2D eigenvalue weighted by Crippen LogP contribution is 2.40. The molecule has 0 bridgehead atoms. The number of nitrogens with one attached hydrogen (secondary N) is 3. The van der Waals surface area contributed by atoms with Crippen molar-refractivity contribution in [3.05, 3.63) is 0 Å². The quantitative estimate of drug-likeness (QED) is 0.0404. The van der Waals surface area contributed by atoms with E-state index < -0.39 is 334 Å². The van der Waals surface area contributed by atoms with E-state index in [2.05, 4.69) is 16.0 Å². The van der Waals surface area contributed by atoms with Gasteiger partial charge < -0.3 is 214 Å². The van der Waals surface area contributed by atoms with E-state index in [0.717, 1.165) is 20.8 Å². The van der Waals surface area contributed by atoms with Crippen molar-refractivity contribution in [2.45, 2.75) is 318 Å². The Kier molecular flexibility index (Phi) is 30.4. The summed E-state index contributed by atoms with van der Waals surface area (Å²) in [6.07, 6.45) is -83.1. The van der Waals surface area contributed by atoms with Crippen molar-refractivity contribution >= 4 is 17.7 Å². The minimum absolute atomic E-state index is 0.869. The van der Waals surface area contributed by atoms with Gasteiger partial charge in [-0.05, 0) is 20.8 Å². The normalized spacial score (nSPS) is 51.1. The number of aliphatic hydroxyl groups is 23. The number of amides is 3. The van der Waals surface area contributed by atoms with E-state index in [4.69, 9.17) is 80.5 Å². The molecule has 9 heterocycles. The molecule has 0 spiro atoms. The topological polar surface area (TPSA) is 710 Å². The van der Waals surface area contributed by atoms with Gasteiger partial charge in [-0.2, -0.15) is 0 Å². The van der Waals surface area contributed by atoms with Crippen LogP contribution in [0.15, 0.2) is 0 Å². The van der Waals surface area contributed by atoms with Crippen molar-refractivity contribution in [3.8, 4) is 0 Å². The van der Waals surface area contributed by atoms with Gasteiger partial charge in [0.05, 0.1) is 58.0 Å². The lowest BCUT2D eigenvalue weighted by molar-refractivity contribution is -0.401. The summed E-state index contributed by atoms with van der Waals surface area (Å²) in [6, 6.07) is -5.72. The molecule has 46 heteroatoms. The van der Waals surface area contributed by atoms with E-state index in [1.165, 1.54) is 20.8 Å². The van der Waals surface area contributed by atoms with E-state index in [1.54, 1.807) is 0 Å². The number of aliphatic hydroxyl groups excluding tert-OH is 23. The molecule has 3 amide bonds. The van der Waals surface area contributed by atoms with Gasteiger partial charge >= 0.3 is 0 Å². The number of carbonyl (C=O) groups excluding carboxylic acids is 3. The van der Waals surface area contributed by atoms with E-state index >= 15 is 0 Å². The molecular formula is C60H101N3O43. The molecule has 26 N–H and O–H groups in total. The third-order valence-electron chi connectivity index (χ3n) is 19.8. The molecule has 0 saturated carbocycles. The molecule has 45 atom stereocenters. The van der Waals surface area contributed by atoms with Crippen LogP contribution in [0.3, 0.4) is 0 Å². The first-order chi connectivity index (χ1) is 50.0. The van der Waals surface area contributed by atoms with E-state index in [0.29, 0.717) is 0 Å². The fraction of sp³-hybridized carbons (Fsp3) is 0.950. The molecule has 9 fully saturated rings. The first kappa shape index (κ1) is 86.8. The molecule has 46 nitrogen and oxygen atoms in total. The fourth-order valence-corrected chi connectivity index (χ4v) is 13.9. The summed E-state index contributed by atoms with van der Waals surface area (Å²) >= 11 is 0. The van der Waals surface area contributed by atoms with Gasteiger partial charge in [-0.1, -0.05) is 0 Å². The summed E-state index contributed by atoms with van der Waals surface area (Å²) in [7, 11) is 0. The van der Waals surface area contributed by atoms with E-state index in [9.17, 15) is 132 Å². The van der Waals surface area contributed by atoms with Crippen molar-refractivity contribution < 1.29 is 212 Å². The lowest BCUT2D eigenvalue weighted by Crippen LogP contribution is -2.72.